The van der Waals surface area contributed by atoms with Gasteiger partial charge < -0.3 is 15.6 Å². The molecule has 0 spiro atoms. The van der Waals surface area contributed by atoms with E-state index in [1.807, 2.05) is 0 Å². The van der Waals surface area contributed by atoms with E-state index in [0.29, 0.717) is 5.56 Å². The number of nitrogens with one attached hydrogen (secondary N) is 3. The molecule has 1 aromatic heterocycles. The van der Waals surface area contributed by atoms with Crippen molar-refractivity contribution in [2.24, 2.45) is 0 Å². The first-order valence-electron chi connectivity index (χ1n) is 5.46. The Hall–Kier alpha value is -1.62. The van der Waals surface area contributed by atoms with Crippen LogP contribution in [0.25, 0.3) is 0 Å². The predicted molar refractivity (Wildman–Crippen MR) is 60.4 cm³/mol. The molecule has 2 rings (SSSR count). The van der Waals surface area contributed by atoms with Crippen molar-refractivity contribution in [3.8, 4) is 0 Å². The Kier molecular flexibility index (Phi) is 3.36. The van der Waals surface area contributed by atoms with Crippen LogP contribution < -0.4 is 16.2 Å². The van der Waals surface area contributed by atoms with Crippen LogP contribution in [-0.2, 0) is 0 Å². The molecule has 0 radical (unpaired) electrons. The Bertz CT molecular complexity index is 421. The zero-order chi connectivity index (χ0) is 11.4. The Morgan fingerprint density at radius 3 is 3.06 bits per heavy atom. The summed E-state index contributed by atoms with van der Waals surface area (Å²) in [5.74, 6) is -0.181. The molecule has 1 atom stereocenters. The van der Waals surface area contributed by atoms with E-state index in [-0.39, 0.29) is 17.5 Å². The molecule has 3 N–H and O–H groups in total. The van der Waals surface area contributed by atoms with Crippen molar-refractivity contribution >= 4 is 5.91 Å². The lowest BCUT2D eigenvalue weighted by Gasteiger charge is -2.23. The molecule has 0 aliphatic carbocycles. The van der Waals surface area contributed by atoms with Gasteiger partial charge in [0, 0.05) is 30.4 Å². The lowest BCUT2D eigenvalue weighted by Crippen LogP contribution is -2.45. The van der Waals surface area contributed by atoms with E-state index >= 15 is 0 Å². The third-order valence-corrected chi connectivity index (χ3v) is 2.67. The van der Waals surface area contributed by atoms with Gasteiger partial charge in [0.2, 0.25) is 5.56 Å². The number of amides is 1. The minimum Gasteiger partial charge on any atom is -0.348 e. The van der Waals surface area contributed by atoms with Crippen molar-refractivity contribution in [1.82, 2.24) is 15.6 Å². The van der Waals surface area contributed by atoms with Gasteiger partial charge >= 0.3 is 0 Å². The summed E-state index contributed by atoms with van der Waals surface area (Å²) in [5.41, 5.74) is 0.156. The number of H-pyrrole nitrogens is 1. The van der Waals surface area contributed by atoms with Gasteiger partial charge in [0.05, 0.1) is 0 Å². The monoisotopic (exact) mass is 221 g/mol. The number of carbonyl (C=O) groups excluding carboxylic acids is 1. The second-order valence-corrected chi connectivity index (χ2v) is 3.96. The molecule has 1 aliphatic rings. The van der Waals surface area contributed by atoms with Gasteiger partial charge in [-0.15, -0.1) is 0 Å². The summed E-state index contributed by atoms with van der Waals surface area (Å²) >= 11 is 0. The lowest BCUT2D eigenvalue weighted by atomic mass is 10.1. The van der Waals surface area contributed by atoms with E-state index in [2.05, 4.69) is 15.6 Å². The fourth-order valence-corrected chi connectivity index (χ4v) is 1.83. The van der Waals surface area contributed by atoms with Crippen LogP contribution in [0.4, 0.5) is 0 Å². The van der Waals surface area contributed by atoms with Crippen LogP contribution in [0, 0.1) is 0 Å². The SMILES string of the molecule is O=C(N[C@@H]1CCCNC1)c1cc[nH]c(=O)c1. The van der Waals surface area contributed by atoms with Crippen LogP contribution in [0.1, 0.15) is 23.2 Å². The quantitative estimate of drug-likeness (QED) is 0.650. The molecule has 1 amide bonds. The van der Waals surface area contributed by atoms with Crippen LogP contribution in [0.15, 0.2) is 23.1 Å². The van der Waals surface area contributed by atoms with Crippen molar-refractivity contribution in [1.29, 1.82) is 0 Å². The van der Waals surface area contributed by atoms with E-state index in [4.69, 9.17) is 0 Å². The first-order valence-corrected chi connectivity index (χ1v) is 5.46. The Morgan fingerprint density at radius 2 is 2.38 bits per heavy atom. The fourth-order valence-electron chi connectivity index (χ4n) is 1.83. The number of aromatic amines is 1. The molecule has 1 aromatic rings. The first kappa shape index (κ1) is 10.9. The molecular formula is C11H15N3O2. The van der Waals surface area contributed by atoms with Crippen molar-refractivity contribution in [2.75, 3.05) is 13.1 Å². The van der Waals surface area contributed by atoms with Crippen LogP contribution >= 0.6 is 0 Å². The molecule has 1 aliphatic heterocycles. The average molecular weight is 221 g/mol. The van der Waals surface area contributed by atoms with Crippen LogP contribution in [0.3, 0.4) is 0 Å². The molecule has 0 unspecified atom stereocenters. The summed E-state index contributed by atoms with van der Waals surface area (Å²) in [7, 11) is 0. The average Bonchev–Trinajstić information content (AvgIpc) is 2.30. The third-order valence-electron chi connectivity index (χ3n) is 2.67. The topological polar surface area (TPSA) is 74.0 Å². The third kappa shape index (κ3) is 2.70. The Balaban J connectivity index is 1.99. The molecule has 0 aromatic carbocycles. The minimum absolute atomic E-state index is 0.167. The van der Waals surface area contributed by atoms with Crippen LogP contribution in [0.2, 0.25) is 0 Å². The van der Waals surface area contributed by atoms with E-state index in [9.17, 15) is 9.59 Å². The summed E-state index contributed by atoms with van der Waals surface area (Å²) in [6, 6.07) is 3.08. The second-order valence-electron chi connectivity index (χ2n) is 3.96. The highest BCUT2D eigenvalue weighted by molar-refractivity contribution is 5.94. The predicted octanol–water partition coefficient (Wildman–Crippen LogP) is -0.143. The molecule has 86 valence electrons. The Labute approximate surface area is 93.3 Å². The molecule has 1 fully saturated rings. The van der Waals surface area contributed by atoms with Crippen molar-refractivity contribution in [3.05, 3.63) is 34.2 Å². The van der Waals surface area contributed by atoms with Gasteiger partial charge in [0.1, 0.15) is 0 Å². The number of piperidine rings is 1. The van der Waals surface area contributed by atoms with Crippen LogP contribution in [-0.4, -0.2) is 30.0 Å². The molecular weight excluding hydrogens is 206 g/mol. The highest BCUT2D eigenvalue weighted by Gasteiger charge is 2.16. The molecule has 0 saturated carbocycles. The molecule has 16 heavy (non-hydrogen) atoms. The summed E-state index contributed by atoms with van der Waals surface area (Å²) in [4.78, 5) is 25.3. The van der Waals surface area contributed by atoms with E-state index in [1.165, 1.54) is 12.3 Å². The highest BCUT2D eigenvalue weighted by Crippen LogP contribution is 2.02. The van der Waals surface area contributed by atoms with Gasteiger partial charge in [-0.05, 0) is 25.5 Å². The number of aromatic nitrogens is 1. The van der Waals surface area contributed by atoms with E-state index in [0.717, 1.165) is 25.9 Å². The standard InChI is InChI=1S/C11H15N3O2/c15-10-6-8(3-5-13-10)11(16)14-9-2-1-4-12-7-9/h3,5-6,9,12H,1-2,4,7H2,(H,13,15)(H,14,16)/t9-/m1/s1. The molecule has 5 heteroatoms. The van der Waals surface area contributed by atoms with Crippen molar-refractivity contribution in [3.63, 3.8) is 0 Å². The van der Waals surface area contributed by atoms with Gasteiger partial charge in [-0.3, -0.25) is 9.59 Å². The summed E-state index contributed by atoms with van der Waals surface area (Å²) < 4.78 is 0. The smallest absolute Gasteiger partial charge is 0.251 e. The summed E-state index contributed by atoms with van der Waals surface area (Å²) in [6.45, 7) is 1.81. The number of carbonyl (C=O) groups is 1. The molecule has 0 bridgehead atoms. The van der Waals surface area contributed by atoms with E-state index < -0.39 is 0 Å². The minimum atomic E-state index is -0.255. The second kappa shape index (κ2) is 4.94. The normalized spacial score (nSPS) is 20.4. The molecule has 5 nitrogen and oxygen atoms in total. The van der Waals surface area contributed by atoms with Gasteiger partial charge in [0.15, 0.2) is 0 Å². The largest absolute Gasteiger partial charge is 0.348 e. The van der Waals surface area contributed by atoms with Gasteiger partial charge in [0.25, 0.3) is 5.91 Å². The van der Waals surface area contributed by atoms with Gasteiger partial charge in [-0.1, -0.05) is 0 Å². The maximum atomic E-state index is 11.8. The summed E-state index contributed by atoms with van der Waals surface area (Å²) in [5, 5.41) is 6.13. The maximum absolute atomic E-state index is 11.8. The van der Waals surface area contributed by atoms with Gasteiger partial charge in [-0.2, -0.15) is 0 Å². The number of pyridine rings is 1. The number of rotatable bonds is 2. The fraction of sp³-hybridized carbons (Fsp3) is 0.455. The van der Waals surface area contributed by atoms with Gasteiger partial charge in [-0.25, -0.2) is 0 Å². The zero-order valence-corrected chi connectivity index (χ0v) is 8.95. The lowest BCUT2D eigenvalue weighted by molar-refractivity contribution is 0.0930. The van der Waals surface area contributed by atoms with Crippen molar-refractivity contribution < 1.29 is 4.79 Å². The molecule has 2 heterocycles. The summed E-state index contributed by atoms with van der Waals surface area (Å²) in [6.07, 6.45) is 3.54. The van der Waals surface area contributed by atoms with E-state index in [1.54, 1.807) is 6.07 Å². The van der Waals surface area contributed by atoms with Crippen molar-refractivity contribution in [2.45, 2.75) is 18.9 Å². The number of hydrogen-bond acceptors (Lipinski definition) is 3. The Morgan fingerprint density at radius 1 is 1.50 bits per heavy atom. The first-order chi connectivity index (χ1) is 7.75. The number of hydrogen-bond donors (Lipinski definition) is 3. The van der Waals surface area contributed by atoms with Crippen LogP contribution in [0.5, 0.6) is 0 Å². The zero-order valence-electron chi connectivity index (χ0n) is 8.95. The maximum Gasteiger partial charge on any atom is 0.251 e. The highest BCUT2D eigenvalue weighted by atomic mass is 16.2. The molecule has 1 saturated heterocycles.